The Hall–Kier alpha value is -2.49. The van der Waals surface area contributed by atoms with Gasteiger partial charge in [-0.05, 0) is 17.7 Å². The summed E-state index contributed by atoms with van der Waals surface area (Å²) in [5.74, 6) is -1.20. The Labute approximate surface area is 123 Å². The number of amides is 2. The second-order valence-corrected chi connectivity index (χ2v) is 3.97. The molecule has 0 aliphatic heterocycles. The van der Waals surface area contributed by atoms with Gasteiger partial charge >= 0.3 is 12.5 Å². The number of alkyl halides is 3. The summed E-state index contributed by atoms with van der Waals surface area (Å²) in [5, 5.41) is 13.0. The molecule has 0 radical (unpaired) electrons. The summed E-state index contributed by atoms with van der Waals surface area (Å²) >= 11 is 0. The highest BCUT2D eigenvalue weighted by Crippen LogP contribution is 2.24. The van der Waals surface area contributed by atoms with Gasteiger partial charge < -0.3 is 25.2 Å². The van der Waals surface area contributed by atoms with E-state index in [2.05, 4.69) is 14.8 Å². The predicted molar refractivity (Wildman–Crippen MR) is 67.0 cm³/mol. The van der Waals surface area contributed by atoms with Gasteiger partial charge in [0.05, 0.1) is 0 Å². The molecule has 7 nitrogen and oxygen atoms in total. The summed E-state index contributed by atoms with van der Waals surface area (Å²) in [6.07, 6.45) is -6.30. The van der Waals surface area contributed by atoms with Crippen molar-refractivity contribution in [1.29, 1.82) is 0 Å². The van der Waals surface area contributed by atoms with E-state index < -0.39 is 30.2 Å². The maximum absolute atomic E-state index is 12.0. The molecule has 10 heteroatoms. The van der Waals surface area contributed by atoms with Crippen molar-refractivity contribution in [3.05, 3.63) is 29.8 Å². The van der Waals surface area contributed by atoms with E-state index in [1.807, 2.05) is 5.32 Å². The van der Waals surface area contributed by atoms with Crippen LogP contribution < -0.4 is 15.4 Å². The first-order valence-electron chi connectivity index (χ1n) is 5.84. The van der Waals surface area contributed by atoms with Gasteiger partial charge in [-0.25, -0.2) is 4.79 Å². The van der Waals surface area contributed by atoms with Gasteiger partial charge in [0.15, 0.2) is 0 Å². The van der Waals surface area contributed by atoms with Gasteiger partial charge in [-0.3, -0.25) is 4.79 Å². The van der Waals surface area contributed by atoms with Gasteiger partial charge in [-0.15, -0.1) is 13.2 Å². The summed E-state index contributed by atoms with van der Waals surface area (Å²) in [4.78, 5) is 22.5. The lowest BCUT2D eigenvalue weighted by Crippen LogP contribution is -2.40. The van der Waals surface area contributed by atoms with Gasteiger partial charge in [-0.2, -0.15) is 0 Å². The lowest BCUT2D eigenvalue weighted by molar-refractivity contribution is -0.274. The lowest BCUT2D eigenvalue weighted by Gasteiger charge is -2.17. The van der Waals surface area contributed by atoms with E-state index in [4.69, 9.17) is 5.11 Å². The number of carboxylic acid groups (broad SMARTS) is 1. The number of hydrogen-bond donors (Lipinski definition) is 3. The number of hydrogen-bond acceptors (Lipinski definition) is 4. The van der Waals surface area contributed by atoms with Gasteiger partial charge in [-0.1, -0.05) is 12.1 Å². The molecule has 0 aromatic heterocycles. The number of methoxy groups -OCH3 is 1. The molecule has 3 N–H and O–H groups in total. The Kier molecular flexibility index (Phi) is 5.99. The molecule has 0 aliphatic rings. The fourth-order valence-electron chi connectivity index (χ4n) is 1.53. The van der Waals surface area contributed by atoms with Crippen LogP contribution in [0.3, 0.4) is 0 Å². The van der Waals surface area contributed by atoms with Gasteiger partial charge in [0, 0.05) is 7.11 Å². The average molecular weight is 322 g/mol. The molecule has 0 heterocycles. The van der Waals surface area contributed by atoms with Crippen molar-refractivity contribution in [2.45, 2.75) is 12.4 Å². The first-order chi connectivity index (χ1) is 10.2. The van der Waals surface area contributed by atoms with Crippen molar-refractivity contribution in [1.82, 2.24) is 10.6 Å². The summed E-state index contributed by atoms with van der Waals surface area (Å²) in [5.41, 5.74) is 0.144. The fourth-order valence-corrected chi connectivity index (χ4v) is 1.53. The quantitative estimate of drug-likeness (QED) is 0.692. The first kappa shape index (κ1) is 17.6. The van der Waals surface area contributed by atoms with Crippen LogP contribution in [-0.4, -0.2) is 37.3 Å². The van der Waals surface area contributed by atoms with Crippen molar-refractivity contribution < 1.29 is 37.3 Å². The molecule has 0 aliphatic carbocycles. The molecule has 0 bridgehead atoms. The Morgan fingerprint density at radius 2 is 1.86 bits per heavy atom. The summed E-state index contributed by atoms with van der Waals surface area (Å²) < 4.78 is 44.5. The van der Waals surface area contributed by atoms with E-state index in [-0.39, 0.29) is 12.3 Å². The number of benzene rings is 1. The zero-order valence-corrected chi connectivity index (χ0v) is 11.3. The molecule has 2 amide bonds. The third kappa shape index (κ3) is 5.87. The molecule has 0 spiro atoms. The second-order valence-electron chi connectivity index (χ2n) is 3.97. The van der Waals surface area contributed by atoms with Crippen LogP contribution in [0.5, 0.6) is 5.75 Å². The number of nitrogens with one attached hydrogen (secondary N) is 2. The normalized spacial score (nSPS) is 12.4. The Morgan fingerprint density at radius 1 is 1.27 bits per heavy atom. The number of halogens is 3. The van der Waals surface area contributed by atoms with Crippen LogP contribution in [0.4, 0.5) is 18.0 Å². The SMILES string of the molecule is COCNC(=O)C(NC(=O)O)c1ccc(OC(F)(F)F)cc1. The highest BCUT2D eigenvalue weighted by atomic mass is 19.4. The molecular weight excluding hydrogens is 309 g/mol. The zero-order valence-electron chi connectivity index (χ0n) is 11.3. The first-order valence-corrected chi connectivity index (χ1v) is 5.84. The molecule has 0 saturated carbocycles. The third-order valence-corrected chi connectivity index (χ3v) is 2.37. The average Bonchev–Trinajstić information content (AvgIpc) is 2.41. The number of carbonyl (C=O) groups excluding carboxylic acids is 1. The van der Waals surface area contributed by atoms with Crippen LogP contribution in [0, 0.1) is 0 Å². The van der Waals surface area contributed by atoms with Crippen LogP contribution in [-0.2, 0) is 9.53 Å². The van der Waals surface area contributed by atoms with E-state index in [1.165, 1.54) is 7.11 Å². The molecule has 122 valence electrons. The minimum Gasteiger partial charge on any atom is -0.465 e. The topological polar surface area (TPSA) is 96.9 Å². The molecule has 0 fully saturated rings. The second kappa shape index (κ2) is 7.50. The van der Waals surface area contributed by atoms with Crippen LogP contribution in [0.1, 0.15) is 11.6 Å². The van der Waals surface area contributed by atoms with E-state index in [0.29, 0.717) is 0 Å². The summed E-state index contributed by atoms with van der Waals surface area (Å²) in [7, 11) is 1.32. The van der Waals surface area contributed by atoms with E-state index in [9.17, 15) is 22.8 Å². The molecule has 1 atom stereocenters. The van der Waals surface area contributed by atoms with Crippen LogP contribution in [0.15, 0.2) is 24.3 Å². The minimum atomic E-state index is -4.84. The molecule has 1 aromatic rings. The van der Waals surface area contributed by atoms with E-state index >= 15 is 0 Å². The smallest absolute Gasteiger partial charge is 0.465 e. The van der Waals surface area contributed by atoms with E-state index in [1.54, 1.807) is 0 Å². The van der Waals surface area contributed by atoms with Gasteiger partial charge in [0.25, 0.3) is 0 Å². The Bertz CT molecular complexity index is 518. The van der Waals surface area contributed by atoms with Crippen molar-refractivity contribution >= 4 is 12.0 Å². The van der Waals surface area contributed by atoms with Crippen LogP contribution in [0.25, 0.3) is 0 Å². The molecule has 0 saturated heterocycles. The van der Waals surface area contributed by atoms with Crippen molar-refractivity contribution in [3.63, 3.8) is 0 Å². The van der Waals surface area contributed by atoms with Crippen LogP contribution in [0.2, 0.25) is 0 Å². The molecule has 1 unspecified atom stereocenters. The third-order valence-electron chi connectivity index (χ3n) is 2.37. The fraction of sp³-hybridized carbons (Fsp3) is 0.333. The summed E-state index contributed by atoms with van der Waals surface area (Å²) in [6, 6.07) is 2.95. The lowest BCUT2D eigenvalue weighted by atomic mass is 10.1. The Morgan fingerprint density at radius 3 is 2.32 bits per heavy atom. The number of rotatable bonds is 6. The Balaban J connectivity index is 2.90. The van der Waals surface area contributed by atoms with Crippen molar-refractivity contribution in [2.24, 2.45) is 0 Å². The minimum absolute atomic E-state index is 0.144. The number of ether oxygens (including phenoxy) is 2. The standard InChI is InChI=1S/C12H13F3N2O5/c1-21-6-16-10(18)9(17-11(19)20)7-2-4-8(5-3-7)22-12(13,14)15/h2-5,9,17H,6H2,1H3,(H,16,18)(H,19,20). The monoisotopic (exact) mass is 322 g/mol. The van der Waals surface area contributed by atoms with Crippen LogP contribution >= 0.6 is 0 Å². The molecule has 1 rings (SSSR count). The maximum Gasteiger partial charge on any atom is 0.573 e. The zero-order chi connectivity index (χ0) is 16.8. The highest BCUT2D eigenvalue weighted by molar-refractivity contribution is 5.86. The number of carbonyl (C=O) groups is 2. The van der Waals surface area contributed by atoms with Crippen molar-refractivity contribution in [2.75, 3.05) is 13.8 Å². The summed E-state index contributed by atoms with van der Waals surface area (Å²) in [6.45, 7) is -0.147. The molecule has 1 aromatic carbocycles. The maximum atomic E-state index is 12.0. The van der Waals surface area contributed by atoms with Gasteiger partial charge in [0.1, 0.15) is 18.5 Å². The highest BCUT2D eigenvalue weighted by Gasteiger charge is 2.31. The predicted octanol–water partition coefficient (Wildman–Crippen LogP) is 1.61. The largest absolute Gasteiger partial charge is 0.573 e. The van der Waals surface area contributed by atoms with E-state index in [0.717, 1.165) is 24.3 Å². The van der Waals surface area contributed by atoms with Crippen molar-refractivity contribution in [3.8, 4) is 5.75 Å². The molecular formula is C12H13F3N2O5. The van der Waals surface area contributed by atoms with Gasteiger partial charge in [0.2, 0.25) is 5.91 Å². The molecule has 22 heavy (non-hydrogen) atoms.